The zero-order valence-electron chi connectivity index (χ0n) is 21.2. The van der Waals surface area contributed by atoms with Crippen molar-refractivity contribution >= 4 is 29.1 Å². The molecule has 1 spiro atoms. The van der Waals surface area contributed by atoms with Crippen LogP contribution in [0.25, 0.3) is 0 Å². The summed E-state index contributed by atoms with van der Waals surface area (Å²) in [6.45, 7) is 2.16. The van der Waals surface area contributed by atoms with E-state index in [-0.39, 0.29) is 35.1 Å². The first-order valence-electron chi connectivity index (χ1n) is 12.8. The lowest BCUT2D eigenvalue weighted by molar-refractivity contribution is -0.138. The van der Waals surface area contributed by atoms with Gasteiger partial charge in [-0.05, 0) is 25.0 Å². The van der Waals surface area contributed by atoms with Gasteiger partial charge in [-0.25, -0.2) is 0 Å². The zero-order valence-corrected chi connectivity index (χ0v) is 22.7. The maximum atomic E-state index is 15.3. The predicted octanol–water partition coefficient (Wildman–Crippen LogP) is 4.98. The summed E-state index contributed by atoms with van der Waals surface area (Å²) < 4.78 is 82.3. The molecule has 5 heterocycles. The molecule has 220 valence electrons. The number of aromatic amines is 1. The van der Waals surface area contributed by atoms with Crippen LogP contribution in [0.2, 0.25) is 10.0 Å². The van der Waals surface area contributed by atoms with Crippen LogP contribution in [0, 0.1) is 5.41 Å². The summed E-state index contributed by atoms with van der Waals surface area (Å²) in [5.41, 5.74) is -3.09. The van der Waals surface area contributed by atoms with E-state index in [0.717, 1.165) is 25.0 Å². The summed E-state index contributed by atoms with van der Waals surface area (Å²) in [7, 11) is 0. The van der Waals surface area contributed by atoms with Gasteiger partial charge < -0.3 is 14.1 Å². The smallest absolute Gasteiger partial charge is 0.419 e. The number of amides is 1. The number of nitrogens with one attached hydrogen (secondary N) is 1. The number of halogens is 7. The Morgan fingerprint density at radius 1 is 1.12 bits per heavy atom. The Kier molecular flexibility index (Phi) is 7.03. The molecule has 16 heteroatoms. The second kappa shape index (κ2) is 10.2. The summed E-state index contributed by atoms with van der Waals surface area (Å²) in [5, 5.41) is 13.1. The summed E-state index contributed by atoms with van der Waals surface area (Å²) >= 11 is 11.8. The maximum absolute atomic E-state index is 15.3. The highest BCUT2D eigenvalue weighted by molar-refractivity contribution is 6.42. The largest absolute Gasteiger partial charge is 0.420 e. The van der Waals surface area contributed by atoms with E-state index in [1.807, 2.05) is 0 Å². The monoisotopic (exact) mass is 620 g/mol. The van der Waals surface area contributed by atoms with Crippen molar-refractivity contribution in [3.05, 3.63) is 63.0 Å². The molecule has 9 nitrogen and oxygen atoms in total. The molecule has 0 radical (unpaired) electrons. The third kappa shape index (κ3) is 5.08. The minimum atomic E-state index is -4.79. The highest BCUT2D eigenvalue weighted by atomic mass is 35.5. The number of rotatable bonds is 6. The number of ether oxygens (including phenoxy) is 1. The number of carbonyl (C=O) groups excluding carboxylic acids is 1. The molecule has 3 saturated heterocycles. The first-order valence-corrected chi connectivity index (χ1v) is 13.5. The van der Waals surface area contributed by atoms with Crippen LogP contribution in [0.3, 0.4) is 0 Å². The van der Waals surface area contributed by atoms with E-state index >= 15 is 8.78 Å². The van der Waals surface area contributed by atoms with Gasteiger partial charge in [0, 0.05) is 50.3 Å². The molecule has 1 N–H and O–H groups in total. The number of benzene rings is 1. The Morgan fingerprint density at radius 2 is 1.90 bits per heavy atom. The molecule has 1 aromatic carbocycles. The molecule has 3 aliphatic heterocycles. The first kappa shape index (κ1) is 28.3. The first-order chi connectivity index (χ1) is 19.4. The molecule has 0 bridgehead atoms. The van der Waals surface area contributed by atoms with Crippen molar-refractivity contribution in [2.75, 3.05) is 39.3 Å². The van der Waals surface area contributed by atoms with Crippen molar-refractivity contribution < 1.29 is 35.9 Å². The molecule has 1 amide bonds. The van der Waals surface area contributed by atoms with Gasteiger partial charge in [-0.2, -0.15) is 27.1 Å². The minimum absolute atomic E-state index is 0.0594. The highest BCUT2D eigenvalue weighted by Crippen LogP contribution is 2.50. The van der Waals surface area contributed by atoms with Gasteiger partial charge in [-0.15, -0.1) is 10.2 Å². The van der Waals surface area contributed by atoms with E-state index < -0.39 is 52.1 Å². The van der Waals surface area contributed by atoms with Crippen LogP contribution in [0.15, 0.2) is 28.8 Å². The van der Waals surface area contributed by atoms with Crippen molar-refractivity contribution in [2.45, 2.75) is 37.0 Å². The van der Waals surface area contributed by atoms with Gasteiger partial charge in [-0.1, -0.05) is 29.3 Å². The van der Waals surface area contributed by atoms with Crippen molar-refractivity contribution in [1.82, 2.24) is 30.2 Å². The minimum Gasteiger partial charge on any atom is -0.419 e. The van der Waals surface area contributed by atoms with Crippen LogP contribution in [0.5, 0.6) is 0 Å². The van der Waals surface area contributed by atoms with Gasteiger partial charge in [0.25, 0.3) is 11.8 Å². The Labute approximate surface area is 239 Å². The quantitative estimate of drug-likeness (QED) is 0.388. The SMILES string of the molecule is O=C(c1[nH]ncc1C(F)(F)F)N1CC(c2nnc(C(F)(F)c3ccc(Cl)c(Cl)c3)o2)C2(CN(CC3CCCO3)C2)C1. The molecule has 3 fully saturated rings. The fourth-order valence-electron chi connectivity index (χ4n) is 5.97. The summed E-state index contributed by atoms with van der Waals surface area (Å²) in [4.78, 5) is 16.6. The number of nitrogens with zero attached hydrogens (tertiary/aromatic N) is 5. The van der Waals surface area contributed by atoms with Gasteiger partial charge in [0.1, 0.15) is 11.3 Å². The van der Waals surface area contributed by atoms with Crippen molar-refractivity contribution in [3.63, 3.8) is 0 Å². The van der Waals surface area contributed by atoms with Crippen LogP contribution in [0.1, 0.15) is 52.2 Å². The molecular formula is C25H23Cl2F5N6O3. The second-order valence-corrected chi connectivity index (χ2v) is 11.5. The normalized spacial score (nSPS) is 23.0. The van der Waals surface area contributed by atoms with E-state index in [1.165, 1.54) is 11.0 Å². The second-order valence-electron chi connectivity index (χ2n) is 10.7. The van der Waals surface area contributed by atoms with Gasteiger partial charge in [0.05, 0.1) is 28.3 Å². The number of hydrogen-bond donors (Lipinski definition) is 1. The van der Waals surface area contributed by atoms with Crippen molar-refractivity contribution in [2.24, 2.45) is 5.41 Å². The molecule has 2 unspecified atom stereocenters. The van der Waals surface area contributed by atoms with Crippen molar-refractivity contribution in [1.29, 1.82) is 0 Å². The number of H-pyrrole nitrogens is 1. The molecule has 3 aliphatic rings. The standard InChI is InChI=1S/C25H23Cl2F5N6O3/c26-17-4-3-13(6-18(17)27)24(28,29)22-36-35-20(41-22)16-9-38(21(39)19-15(7-33-34-19)25(30,31)32)12-23(16)10-37(11-23)8-14-2-1-5-40-14/h3-4,6-7,14,16H,1-2,5,8-12H2,(H,33,34). The van der Waals surface area contributed by atoms with Crippen LogP contribution >= 0.6 is 23.2 Å². The summed E-state index contributed by atoms with van der Waals surface area (Å²) in [6, 6.07) is 3.32. The van der Waals surface area contributed by atoms with Crippen LogP contribution in [-0.2, 0) is 16.8 Å². The van der Waals surface area contributed by atoms with Crippen molar-refractivity contribution in [3.8, 4) is 0 Å². The van der Waals surface area contributed by atoms with Gasteiger partial charge >= 0.3 is 12.1 Å². The van der Waals surface area contributed by atoms with Crippen LogP contribution < -0.4 is 0 Å². The number of carbonyl (C=O) groups is 1. The number of aromatic nitrogens is 4. The van der Waals surface area contributed by atoms with Gasteiger partial charge in [-0.3, -0.25) is 14.8 Å². The van der Waals surface area contributed by atoms with Crippen LogP contribution in [-0.4, -0.2) is 81.5 Å². The van der Waals surface area contributed by atoms with E-state index in [1.54, 1.807) is 0 Å². The maximum Gasteiger partial charge on any atom is 0.420 e. The van der Waals surface area contributed by atoms with E-state index in [9.17, 15) is 18.0 Å². The Balaban J connectivity index is 1.28. The summed E-state index contributed by atoms with van der Waals surface area (Å²) in [6.07, 6.45) is -2.31. The fourth-order valence-corrected chi connectivity index (χ4v) is 6.27. The molecular weight excluding hydrogens is 598 g/mol. The molecule has 6 rings (SSSR count). The average Bonchev–Trinajstić information content (AvgIpc) is 3.70. The Hall–Kier alpha value is -2.81. The van der Waals surface area contributed by atoms with E-state index in [2.05, 4.69) is 25.3 Å². The van der Waals surface area contributed by atoms with Crippen LogP contribution in [0.4, 0.5) is 22.0 Å². The molecule has 2 atom stereocenters. The van der Waals surface area contributed by atoms with Gasteiger partial charge in [0.2, 0.25) is 5.89 Å². The predicted molar refractivity (Wildman–Crippen MR) is 134 cm³/mol. The topological polar surface area (TPSA) is 100 Å². The third-order valence-electron chi connectivity index (χ3n) is 7.95. The highest BCUT2D eigenvalue weighted by Gasteiger charge is 2.58. The lowest BCUT2D eigenvalue weighted by Crippen LogP contribution is -2.61. The molecule has 41 heavy (non-hydrogen) atoms. The van der Waals surface area contributed by atoms with E-state index in [0.29, 0.717) is 32.4 Å². The lowest BCUT2D eigenvalue weighted by Gasteiger charge is -2.50. The molecule has 3 aromatic rings. The number of hydrogen-bond acceptors (Lipinski definition) is 7. The molecule has 0 saturated carbocycles. The zero-order chi connectivity index (χ0) is 29.2. The molecule has 2 aromatic heterocycles. The average molecular weight is 621 g/mol. The Bertz CT molecular complexity index is 1450. The number of alkyl halides is 5. The van der Waals surface area contributed by atoms with E-state index in [4.69, 9.17) is 32.4 Å². The fraction of sp³-hybridized carbons (Fsp3) is 0.520. The lowest BCUT2D eigenvalue weighted by atomic mass is 9.71. The third-order valence-corrected chi connectivity index (χ3v) is 8.69. The van der Waals surface area contributed by atoms with Gasteiger partial charge in [0.15, 0.2) is 0 Å². The molecule has 0 aliphatic carbocycles. The summed E-state index contributed by atoms with van der Waals surface area (Å²) in [5.74, 6) is -6.42. The Morgan fingerprint density at radius 3 is 2.59 bits per heavy atom. The number of likely N-dealkylation sites (tertiary alicyclic amines) is 2.